The van der Waals surface area contributed by atoms with Crippen molar-refractivity contribution in [3.8, 4) is 0 Å². The predicted molar refractivity (Wildman–Crippen MR) is 81.6 cm³/mol. The molecule has 20 heavy (non-hydrogen) atoms. The monoisotopic (exact) mass is 275 g/mol. The lowest BCUT2D eigenvalue weighted by Crippen LogP contribution is -2.36. The Morgan fingerprint density at radius 1 is 1.25 bits per heavy atom. The van der Waals surface area contributed by atoms with Crippen molar-refractivity contribution in [2.75, 3.05) is 17.4 Å². The summed E-state index contributed by atoms with van der Waals surface area (Å²) in [6, 6.07) is 2.55. The van der Waals surface area contributed by atoms with Crippen LogP contribution in [-0.2, 0) is 0 Å². The molecule has 2 aliphatic rings. The van der Waals surface area contributed by atoms with Crippen LogP contribution in [0.1, 0.15) is 57.2 Å². The van der Waals surface area contributed by atoms with E-state index in [0.717, 1.165) is 23.4 Å². The Hall–Kier alpha value is -1.36. The molecule has 2 aliphatic carbocycles. The van der Waals surface area contributed by atoms with E-state index in [9.17, 15) is 0 Å². The molecule has 0 saturated heterocycles. The molecule has 0 bridgehead atoms. The minimum absolute atomic E-state index is 0.542. The predicted octanol–water partition coefficient (Wildman–Crippen LogP) is 2.65. The average molecular weight is 275 g/mol. The zero-order chi connectivity index (χ0) is 14.1. The molecule has 2 saturated carbocycles. The van der Waals surface area contributed by atoms with Crippen LogP contribution < -0.4 is 16.2 Å². The van der Waals surface area contributed by atoms with Crippen molar-refractivity contribution in [3.63, 3.8) is 0 Å². The van der Waals surface area contributed by atoms with E-state index in [4.69, 9.17) is 10.8 Å². The number of aromatic nitrogens is 2. The molecule has 1 aromatic rings. The van der Waals surface area contributed by atoms with E-state index in [0.29, 0.717) is 12.0 Å². The van der Waals surface area contributed by atoms with E-state index >= 15 is 0 Å². The largest absolute Gasteiger partial charge is 0.357 e. The molecule has 3 rings (SSSR count). The van der Waals surface area contributed by atoms with Crippen molar-refractivity contribution in [2.24, 2.45) is 11.8 Å². The van der Waals surface area contributed by atoms with E-state index in [1.54, 1.807) is 0 Å². The quantitative estimate of drug-likeness (QED) is 0.653. The van der Waals surface area contributed by atoms with Crippen LogP contribution in [0.4, 0.5) is 11.6 Å². The molecular weight excluding hydrogens is 250 g/mol. The first kappa shape index (κ1) is 13.6. The molecule has 0 aromatic carbocycles. The molecule has 0 amide bonds. The van der Waals surface area contributed by atoms with E-state index in [2.05, 4.69) is 29.3 Å². The Labute approximate surface area is 120 Å². The Bertz CT molecular complexity index is 471. The van der Waals surface area contributed by atoms with E-state index < -0.39 is 0 Å². The number of nitrogens with one attached hydrogen (secondary N) is 1. The number of nitrogens with zero attached hydrogens (tertiary/aromatic N) is 3. The number of rotatable bonds is 4. The van der Waals surface area contributed by atoms with Gasteiger partial charge in [0.1, 0.15) is 17.5 Å². The summed E-state index contributed by atoms with van der Waals surface area (Å²) in [5, 5.41) is 0. The summed E-state index contributed by atoms with van der Waals surface area (Å²) in [7, 11) is 2.15. The molecule has 0 aliphatic heterocycles. The third-order valence-corrected chi connectivity index (χ3v) is 4.64. The van der Waals surface area contributed by atoms with Gasteiger partial charge in [-0.3, -0.25) is 0 Å². The van der Waals surface area contributed by atoms with Gasteiger partial charge in [0, 0.05) is 25.1 Å². The molecule has 2 fully saturated rings. The summed E-state index contributed by atoms with van der Waals surface area (Å²) in [6.45, 7) is 2.35. The molecule has 3 N–H and O–H groups in total. The van der Waals surface area contributed by atoms with Gasteiger partial charge in [0.25, 0.3) is 0 Å². The minimum atomic E-state index is 0.542. The smallest absolute Gasteiger partial charge is 0.145 e. The molecule has 1 heterocycles. The second-order valence-corrected chi connectivity index (χ2v) is 6.42. The minimum Gasteiger partial charge on any atom is -0.357 e. The number of anilines is 2. The molecular formula is C15H25N5. The molecule has 0 spiro atoms. The van der Waals surface area contributed by atoms with Crippen LogP contribution in [0.5, 0.6) is 0 Å². The van der Waals surface area contributed by atoms with Gasteiger partial charge >= 0.3 is 0 Å². The fraction of sp³-hybridized carbons (Fsp3) is 0.733. The van der Waals surface area contributed by atoms with Gasteiger partial charge in [-0.2, -0.15) is 0 Å². The highest BCUT2D eigenvalue weighted by atomic mass is 15.3. The standard InChI is InChI=1S/C15H25N5/c1-10-4-3-5-12(8-10)20(2)14-9-13(19-16)17-15(18-14)11-6-7-11/h9-12H,3-8,16H2,1-2H3,(H,17,18,19). The first-order valence-corrected chi connectivity index (χ1v) is 7.75. The summed E-state index contributed by atoms with van der Waals surface area (Å²) in [4.78, 5) is 11.6. The Morgan fingerprint density at radius 2 is 2.05 bits per heavy atom. The van der Waals surface area contributed by atoms with Crippen molar-refractivity contribution in [1.29, 1.82) is 0 Å². The van der Waals surface area contributed by atoms with Crippen LogP contribution >= 0.6 is 0 Å². The maximum Gasteiger partial charge on any atom is 0.145 e. The van der Waals surface area contributed by atoms with Crippen LogP contribution in [0.25, 0.3) is 0 Å². The van der Waals surface area contributed by atoms with Crippen molar-refractivity contribution in [1.82, 2.24) is 9.97 Å². The molecule has 2 atom stereocenters. The first-order valence-electron chi connectivity index (χ1n) is 7.75. The van der Waals surface area contributed by atoms with Crippen LogP contribution in [0.15, 0.2) is 6.07 Å². The number of hydrogen-bond acceptors (Lipinski definition) is 5. The summed E-state index contributed by atoms with van der Waals surface area (Å²) in [6.07, 6.45) is 7.60. The summed E-state index contributed by atoms with van der Waals surface area (Å²) in [5.74, 6) is 9.59. The topological polar surface area (TPSA) is 67.1 Å². The summed E-state index contributed by atoms with van der Waals surface area (Å²) >= 11 is 0. The highest BCUT2D eigenvalue weighted by Crippen LogP contribution is 2.39. The highest BCUT2D eigenvalue weighted by molar-refractivity contribution is 5.49. The van der Waals surface area contributed by atoms with Crippen LogP contribution in [0.3, 0.4) is 0 Å². The zero-order valence-electron chi connectivity index (χ0n) is 12.5. The third kappa shape index (κ3) is 2.87. The Balaban J connectivity index is 1.82. The van der Waals surface area contributed by atoms with Crippen molar-refractivity contribution in [2.45, 2.75) is 57.4 Å². The van der Waals surface area contributed by atoms with Gasteiger partial charge in [0.05, 0.1) is 0 Å². The lowest BCUT2D eigenvalue weighted by atomic mass is 9.86. The Morgan fingerprint density at radius 3 is 2.70 bits per heavy atom. The molecule has 0 radical (unpaired) electrons. The van der Waals surface area contributed by atoms with Crippen molar-refractivity contribution in [3.05, 3.63) is 11.9 Å². The van der Waals surface area contributed by atoms with Gasteiger partial charge in [-0.05, 0) is 31.6 Å². The van der Waals surface area contributed by atoms with Gasteiger partial charge in [0.2, 0.25) is 0 Å². The maximum atomic E-state index is 5.55. The first-order chi connectivity index (χ1) is 9.67. The summed E-state index contributed by atoms with van der Waals surface area (Å²) < 4.78 is 0. The lowest BCUT2D eigenvalue weighted by Gasteiger charge is -2.35. The van der Waals surface area contributed by atoms with Crippen LogP contribution in [-0.4, -0.2) is 23.1 Å². The maximum absolute atomic E-state index is 5.55. The van der Waals surface area contributed by atoms with Gasteiger partial charge in [-0.15, -0.1) is 0 Å². The fourth-order valence-corrected chi connectivity index (χ4v) is 3.17. The van der Waals surface area contributed by atoms with E-state index in [1.807, 2.05) is 6.07 Å². The number of nitrogen functional groups attached to an aromatic ring is 1. The average Bonchev–Trinajstić information content (AvgIpc) is 3.30. The van der Waals surface area contributed by atoms with Crippen LogP contribution in [0.2, 0.25) is 0 Å². The van der Waals surface area contributed by atoms with Crippen molar-refractivity contribution < 1.29 is 0 Å². The Kier molecular flexibility index (Phi) is 3.78. The van der Waals surface area contributed by atoms with Gasteiger partial charge < -0.3 is 10.3 Å². The van der Waals surface area contributed by atoms with Gasteiger partial charge in [-0.25, -0.2) is 15.8 Å². The number of nitrogens with two attached hydrogens (primary N) is 1. The van der Waals surface area contributed by atoms with E-state index in [-0.39, 0.29) is 0 Å². The second-order valence-electron chi connectivity index (χ2n) is 6.42. The fourth-order valence-electron chi connectivity index (χ4n) is 3.17. The number of hydrogen-bond donors (Lipinski definition) is 2. The van der Waals surface area contributed by atoms with Crippen molar-refractivity contribution >= 4 is 11.6 Å². The lowest BCUT2D eigenvalue weighted by molar-refractivity contribution is 0.335. The number of hydrazine groups is 1. The molecule has 110 valence electrons. The SMILES string of the molecule is CC1CCCC(N(C)c2cc(NN)nc(C3CC3)n2)C1. The molecule has 1 aromatic heterocycles. The molecule has 5 nitrogen and oxygen atoms in total. The van der Waals surface area contributed by atoms with Gasteiger partial charge in [-0.1, -0.05) is 19.8 Å². The van der Waals surface area contributed by atoms with E-state index in [1.165, 1.54) is 38.5 Å². The third-order valence-electron chi connectivity index (χ3n) is 4.64. The normalized spacial score (nSPS) is 26.4. The second kappa shape index (κ2) is 5.56. The van der Waals surface area contributed by atoms with Gasteiger partial charge in [0.15, 0.2) is 0 Å². The zero-order valence-corrected chi connectivity index (χ0v) is 12.5. The van der Waals surface area contributed by atoms with Crippen LogP contribution in [0, 0.1) is 5.92 Å². The molecule has 2 unspecified atom stereocenters. The highest BCUT2D eigenvalue weighted by Gasteiger charge is 2.29. The molecule has 5 heteroatoms. The summed E-state index contributed by atoms with van der Waals surface area (Å²) in [5.41, 5.74) is 2.68.